The number of aryl methyl sites for hydroxylation is 2. The molecule has 26 heavy (non-hydrogen) atoms. The first kappa shape index (κ1) is 20.0. The first-order chi connectivity index (χ1) is 12.4. The fourth-order valence-corrected chi connectivity index (χ4v) is 3.08. The van der Waals surface area contributed by atoms with E-state index >= 15 is 0 Å². The number of aliphatic imine (C=N–C) groups is 1. The van der Waals surface area contributed by atoms with Crippen LogP contribution in [0.15, 0.2) is 29.3 Å². The van der Waals surface area contributed by atoms with Crippen molar-refractivity contribution in [3.8, 4) is 0 Å². The van der Waals surface area contributed by atoms with Crippen LogP contribution < -0.4 is 10.6 Å². The zero-order chi connectivity index (χ0) is 19.1. The molecule has 0 bridgehead atoms. The molecule has 0 aliphatic heterocycles. The van der Waals surface area contributed by atoms with Crippen LogP contribution in [0.3, 0.4) is 0 Å². The van der Waals surface area contributed by atoms with E-state index in [0.717, 1.165) is 24.6 Å². The summed E-state index contributed by atoms with van der Waals surface area (Å²) >= 11 is 0. The Morgan fingerprint density at radius 2 is 2.04 bits per heavy atom. The Hall–Kier alpha value is -2.34. The monoisotopic (exact) mass is 357 g/mol. The molecule has 6 nitrogen and oxygen atoms in total. The number of methoxy groups -OCH3 is 1. The Morgan fingerprint density at radius 1 is 1.31 bits per heavy atom. The lowest BCUT2D eigenvalue weighted by Crippen LogP contribution is -2.42. The number of hydrogen-bond acceptors (Lipinski definition) is 3. The number of benzene rings is 1. The SMILES string of the molecule is CN=C(NCc1cccc(COC)c1)NC(C)Cc1c(C)nn(C)c1C. The molecule has 0 saturated heterocycles. The quantitative estimate of drug-likeness (QED) is 0.590. The Bertz CT molecular complexity index is 751. The van der Waals surface area contributed by atoms with E-state index in [-0.39, 0.29) is 6.04 Å². The van der Waals surface area contributed by atoms with Gasteiger partial charge >= 0.3 is 0 Å². The van der Waals surface area contributed by atoms with E-state index in [4.69, 9.17) is 4.74 Å². The topological polar surface area (TPSA) is 63.5 Å². The van der Waals surface area contributed by atoms with Crippen LogP contribution in [-0.4, -0.2) is 35.9 Å². The van der Waals surface area contributed by atoms with Crippen molar-refractivity contribution < 1.29 is 4.74 Å². The third-order valence-electron chi connectivity index (χ3n) is 4.54. The summed E-state index contributed by atoms with van der Waals surface area (Å²) in [5.74, 6) is 0.800. The van der Waals surface area contributed by atoms with Gasteiger partial charge in [0.05, 0.1) is 12.3 Å². The van der Waals surface area contributed by atoms with E-state index in [1.165, 1.54) is 22.4 Å². The van der Waals surface area contributed by atoms with Crippen LogP contribution in [0.2, 0.25) is 0 Å². The molecule has 0 saturated carbocycles. The Labute approximate surface area is 156 Å². The molecule has 0 spiro atoms. The maximum absolute atomic E-state index is 5.20. The van der Waals surface area contributed by atoms with Gasteiger partial charge in [0.1, 0.15) is 0 Å². The highest BCUT2D eigenvalue weighted by atomic mass is 16.5. The van der Waals surface area contributed by atoms with Crippen LogP contribution in [0.1, 0.15) is 35.0 Å². The van der Waals surface area contributed by atoms with Crippen LogP contribution in [-0.2, 0) is 31.4 Å². The molecule has 1 heterocycles. The number of ether oxygens (including phenoxy) is 1. The molecule has 1 aromatic heterocycles. The number of rotatable bonds is 7. The average Bonchev–Trinajstić information content (AvgIpc) is 2.85. The van der Waals surface area contributed by atoms with Gasteiger partial charge in [0, 0.05) is 39.5 Å². The van der Waals surface area contributed by atoms with Crippen LogP contribution in [0.25, 0.3) is 0 Å². The van der Waals surface area contributed by atoms with Gasteiger partial charge in [-0.25, -0.2) is 0 Å². The molecule has 1 unspecified atom stereocenters. The van der Waals surface area contributed by atoms with Crippen molar-refractivity contribution in [1.82, 2.24) is 20.4 Å². The lowest BCUT2D eigenvalue weighted by molar-refractivity contribution is 0.185. The molecule has 1 aromatic carbocycles. The zero-order valence-corrected chi connectivity index (χ0v) is 16.8. The molecule has 2 aromatic rings. The van der Waals surface area contributed by atoms with Crippen molar-refractivity contribution in [2.45, 2.75) is 46.4 Å². The van der Waals surface area contributed by atoms with Gasteiger partial charge in [-0.15, -0.1) is 0 Å². The van der Waals surface area contributed by atoms with Crippen LogP contribution in [0, 0.1) is 13.8 Å². The molecule has 0 aliphatic carbocycles. The standard InChI is InChI=1S/C20H31N5O/c1-14(10-19-15(2)24-25(5)16(19)3)23-20(21-4)22-12-17-8-7-9-18(11-17)13-26-6/h7-9,11,14H,10,12-13H2,1-6H3,(H2,21,22,23). The number of guanidine groups is 1. The summed E-state index contributed by atoms with van der Waals surface area (Å²) in [7, 11) is 5.50. The Morgan fingerprint density at radius 3 is 2.65 bits per heavy atom. The number of aromatic nitrogens is 2. The van der Waals surface area contributed by atoms with Crippen molar-refractivity contribution in [3.05, 3.63) is 52.3 Å². The third kappa shape index (κ3) is 5.33. The smallest absolute Gasteiger partial charge is 0.191 e. The highest BCUT2D eigenvalue weighted by Crippen LogP contribution is 2.14. The minimum absolute atomic E-state index is 0.252. The predicted molar refractivity (Wildman–Crippen MR) is 106 cm³/mol. The second-order valence-corrected chi connectivity index (χ2v) is 6.70. The van der Waals surface area contributed by atoms with Crippen molar-refractivity contribution in [2.24, 2.45) is 12.0 Å². The summed E-state index contributed by atoms with van der Waals surface area (Å²) in [5, 5.41) is 11.3. The van der Waals surface area contributed by atoms with E-state index in [1.807, 2.05) is 11.7 Å². The van der Waals surface area contributed by atoms with Gasteiger partial charge in [0.2, 0.25) is 0 Å². The summed E-state index contributed by atoms with van der Waals surface area (Å²) in [6.45, 7) is 7.69. The van der Waals surface area contributed by atoms with Crippen molar-refractivity contribution in [1.29, 1.82) is 0 Å². The summed E-state index contributed by atoms with van der Waals surface area (Å²) in [6, 6.07) is 8.63. The van der Waals surface area contributed by atoms with E-state index in [0.29, 0.717) is 6.61 Å². The van der Waals surface area contributed by atoms with Gasteiger partial charge in [-0.3, -0.25) is 9.67 Å². The van der Waals surface area contributed by atoms with Crippen molar-refractivity contribution >= 4 is 5.96 Å². The lowest BCUT2D eigenvalue weighted by atomic mass is 10.1. The molecule has 6 heteroatoms. The average molecular weight is 358 g/mol. The summed E-state index contributed by atoms with van der Waals surface area (Å²) in [4.78, 5) is 4.34. The minimum atomic E-state index is 0.252. The van der Waals surface area contributed by atoms with E-state index in [1.54, 1.807) is 14.2 Å². The second-order valence-electron chi connectivity index (χ2n) is 6.70. The first-order valence-corrected chi connectivity index (χ1v) is 8.97. The van der Waals surface area contributed by atoms with Gasteiger partial charge < -0.3 is 15.4 Å². The summed E-state index contributed by atoms with van der Waals surface area (Å²) in [6.07, 6.45) is 0.912. The maximum atomic E-state index is 5.20. The third-order valence-corrected chi connectivity index (χ3v) is 4.54. The molecule has 2 rings (SSSR count). The van der Waals surface area contributed by atoms with Gasteiger partial charge in [-0.05, 0) is 43.9 Å². The second kappa shape index (κ2) is 9.38. The summed E-state index contributed by atoms with van der Waals surface area (Å²) in [5.41, 5.74) is 5.99. The van der Waals surface area contributed by atoms with Crippen LogP contribution in [0.4, 0.5) is 0 Å². The Kier molecular flexibility index (Phi) is 7.21. The molecule has 0 aliphatic rings. The van der Waals surface area contributed by atoms with E-state index in [9.17, 15) is 0 Å². The number of hydrogen-bond donors (Lipinski definition) is 2. The maximum Gasteiger partial charge on any atom is 0.191 e. The van der Waals surface area contributed by atoms with Gasteiger partial charge in [-0.1, -0.05) is 24.3 Å². The predicted octanol–water partition coefficient (Wildman–Crippen LogP) is 2.48. The lowest BCUT2D eigenvalue weighted by Gasteiger charge is -2.18. The fraction of sp³-hybridized carbons (Fsp3) is 0.500. The van der Waals surface area contributed by atoms with E-state index in [2.05, 4.69) is 65.8 Å². The highest BCUT2D eigenvalue weighted by molar-refractivity contribution is 5.79. The molecule has 0 radical (unpaired) electrons. The molecule has 0 fully saturated rings. The molecule has 2 N–H and O–H groups in total. The fourth-order valence-electron chi connectivity index (χ4n) is 3.08. The largest absolute Gasteiger partial charge is 0.380 e. The number of nitrogens with zero attached hydrogens (tertiary/aromatic N) is 3. The van der Waals surface area contributed by atoms with Gasteiger partial charge in [0.25, 0.3) is 0 Å². The highest BCUT2D eigenvalue weighted by Gasteiger charge is 2.14. The first-order valence-electron chi connectivity index (χ1n) is 8.97. The van der Waals surface area contributed by atoms with Gasteiger partial charge in [-0.2, -0.15) is 5.10 Å². The molecule has 0 amide bonds. The Balaban J connectivity index is 1.91. The van der Waals surface area contributed by atoms with E-state index < -0.39 is 0 Å². The van der Waals surface area contributed by atoms with Gasteiger partial charge in [0.15, 0.2) is 5.96 Å². The molecule has 1 atom stereocenters. The number of nitrogens with one attached hydrogen (secondary N) is 2. The zero-order valence-electron chi connectivity index (χ0n) is 16.8. The van der Waals surface area contributed by atoms with Crippen molar-refractivity contribution in [3.63, 3.8) is 0 Å². The van der Waals surface area contributed by atoms with Crippen LogP contribution >= 0.6 is 0 Å². The minimum Gasteiger partial charge on any atom is -0.380 e. The molecular formula is C20H31N5O. The van der Waals surface area contributed by atoms with Crippen LogP contribution in [0.5, 0.6) is 0 Å². The molecular weight excluding hydrogens is 326 g/mol. The normalized spacial score (nSPS) is 12.9. The molecule has 142 valence electrons. The van der Waals surface area contributed by atoms with Crippen molar-refractivity contribution in [2.75, 3.05) is 14.2 Å². The summed E-state index contributed by atoms with van der Waals surface area (Å²) < 4.78 is 7.14.